The molecule has 0 spiro atoms. The Hall–Kier alpha value is -0.920. The highest BCUT2D eigenvalue weighted by Gasteiger charge is 2.32. The maximum Gasteiger partial charge on any atom is 0.315 e. The Morgan fingerprint density at radius 3 is 2.67 bits per heavy atom. The van der Waals surface area contributed by atoms with E-state index in [1.807, 2.05) is 0 Å². The van der Waals surface area contributed by atoms with Crippen molar-refractivity contribution in [2.24, 2.45) is 5.92 Å². The number of benzene rings is 1. The van der Waals surface area contributed by atoms with E-state index in [1.165, 1.54) is 4.31 Å². The molecule has 0 aliphatic carbocycles. The van der Waals surface area contributed by atoms with Crippen molar-refractivity contribution in [3.05, 3.63) is 28.7 Å². The van der Waals surface area contributed by atoms with Crippen LogP contribution in [-0.2, 0) is 14.8 Å². The largest absolute Gasteiger partial charge is 0.426 e. The number of hydrogen-bond acceptors (Lipinski definition) is 4. The summed E-state index contributed by atoms with van der Waals surface area (Å²) in [5, 5.41) is 0. The van der Waals surface area contributed by atoms with Gasteiger partial charge in [-0.1, -0.05) is 15.9 Å². The summed E-state index contributed by atoms with van der Waals surface area (Å²) in [6.07, 6.45) is 1.34. The van der Waals surface area contributed by atoms with Gasteiger partial charge in [0.1, 0.15) is 5.75 Å². The first-order valence-corrected chi connectivity index (χ1v) is 9.27. The monoisotopic (exact) mass is 375 g/mol. The molecule has 0 amide bonds. The third-order valence-corrected chi connectivity index (χ3v) is 5.88. The Labute approximate surface area is 133 Å². The molecule has 1 saturated heterocycles. The second-order valence-electron chi connectivity index (χ2n) is 4.97. The third kappa shape index (κ3) is 4.28. The van der Waals surface area contributed by atoms with E-state index >= 15 is 0 Å². The average molecular weight is 376 g/mol. The van der Waals surface area contributed by atoms with Crippen molar-refractivity contribution in [1.82, 2.24) is 4.31 Å². The molecule has 1 fully saturated rings. The molecule has 0 saturated carbocycles. The molecule has 0 N–H and O–H groups in total. The molecule has 1 aliphatic rings. The smallest absolute Gasteiger partial charge is 0.315 e. The van der Waals surface area contributed by atoms with E-state index in [2.05, 4.69) is 15.9 Å². The highest BCUT2D eigenvalue weighted by molar-refractivity contribution is 9.10. The molecule has 1 heterocycles. The summed E-state index contributed by atoms with van der Waals surface area (Å²) in [5.41, 5.74) is 0. The minimum atomic E-state index is -3.25. The van der Waals surface area contributed by atoms with Gasteiger partial charge < -0.3 is 4.74 Å². The number of piperidine rings is 1. The topological polar surface area (TPSA) is 63.7 Å². The number of carbonyl (C=O) groups is 1. The summed E-state index contributed by atoms with van der Waals surface area (Å²) in [6, 6.07) is 6.98. The molecule has 0 bridgehead atoms. The van der Waals surface area contributed by atoms with E-state index < -0.39 is 15.9 Å². The molecule has 21 heavy (non-hydrogen) atoms. The van der Waals surface area contributed by atoms with Crippen LogP contribution in [0.1, 0.15) is 19.8 Å². The summed E-state index contributed by atoms with van der Waals surface area (Å²) in [6.45, 7) is 2.31. The van der Waals surface area contributed by atoms with E-state index in [-0.39, 0.29) is 18.3 Å². The Morgan fingerprint density at radius 2 is 2.05 bits per heavy atom. The maximum atomic E-state index is 12.2. The highest BCUT2D eigenvalue weighted by Crippen LogP contribution is 2.23. The van der Waals surface area contributed by atoms with E-state index in [9.17, 15) is 13.2 Å². The number of sulfonamides is 1. The van der Waals surface area contributed by atoms with Crippen LogP contribution in [0.5, 0.6) is 5.75 Å². The van der Waals surface area contributed by atoms with Gasteiger partial charge in [0.15, 0.2) is 0 Å². The molecule has 0 radical (unpaired) electrons. The summed E-state index contributed by atoms with van der Waals surface area (Å²) in [4.78, 5) is 12.2. The quantitative estimate of drug-likeness (QED) is 0.598. The molecule has 1 aliphatic heterocycles. The normalized spacial score (nSPS) is 20.2. The zero-order valence-corrected chi connectivity index (χ0v) is 14.2. The van der Waals surface area contributed by atoms with Crippen molar-refractivity contribution in [3.63, 3.8) is 0 Å². The van der Waals surface area contributed by atoms with Gasteiger partial charge in [0, 0.05) is 17.6 Å². The van der Waals surface area contributed by atoms with Crippen molar-refractivity contribution < 1.29 is 17.9 Å². The summed E-state index contributed by atoms with van der Waals surface area (Å²) < 4.78 is 31.4. The zero-order chi connectivity index (χ0) is 15.5. The lowest BCUT2D eigenvalue weighted by Gasteiger charge is -2.30. The van der Waals surface area contributed by atoms with E-state index in [4.69, 9.17) is 4.74 Å². The van der Waals surface area contributed by atoms with Crippen LogP contribution in [0, 0.1) is 5.92 Å². The molecule has 7 heteroatoms. The summed E-state index contributed by atoms with van der Waals surface area (Å²) in [7, 11) is -3.25. The van der Waals surface area contributed by atoms with E-state index in [0.29, 0.717) is 25.1 Å². The van der Waals surface area contributed by atoms with Crippen molar-refractivity contribution in [2.75, 3.05) is 18.8 Å². The fraction of sp³-hybridized carbons (Fsp3) is 0.500. The average Bonchev–Trinajstić information content (AvgIpc) is 2.49. The first-order chi connectivity index (χ1) is 9.92. The molecule has 1 aromatic carbocycles. The second kappa shape index (κ2) is 6.89. The Kier molecular flexibility index (Phi) is 5.40. The van der Waals surface area contributed by atoms with Gasteiger partial charge in [-0.15, -0.1) is 0 Å². The number of ether oxygens (including phenoxy) is 1. The molecule has 1 atom stereocenters. The van der Waals surface area contributed by atoms with Gasteiger partial charge >= 0.3 is 5.97 Å². The van der Waals surface area contributed by atoms with Gasteiger partial charge in [-0.2, -0.15) is 0 Å². The minimum Gasteiger partial charge on any atom is -0.426 e. The van der Waals surface area contributed by atoms with Gasteiger partial charge in [-0.3, -0.25) is 4.79 Å². The van der Waals surface area contributed by atoms with Crippen LogP contribution in [0.4, 0.5) is 0 Å². The molecular weight excluding hydrogens is 358 g/mol. The van der Waals surface area contributed by atoms with Crippen LogP contribution in [0.2, 0.25) is 0 Å². The molecule has 1 aromatic rings. The molecular formula is C14H18BrNO4S. The van der Waals surface area contributed by atoms with E-state index in [1.54, 1.807) is 31.2 Å². The minimum absolute atomic E-state index is 0.0570. The lowest BCUT2D eigenvalue weighted by Crippen LogP contribution is -2.43. The van der Waals surface area contributed by atoms with Crippen LogP contribution in [0.15, 0.2) is 28.7 Å². The van der Waals surface area contributed by atoms with Crippen LogP contribution < -0.4 is 4.74 Å². The molecule has 2 rings (SSSR count). The molecule has 5 nitrogen and oxygen atoms in total. The maximum absolute atomic E-state index is 12.2. The standard InChI is InChI=1S/C14H18BrNO4S/c1-2-21(18,19)16-9-3-4-11(10-16)14(17)20-13-7-5-12(15)6-8-13/h5-8,11H,2-4,9-10H2,1H3/t11-/m1/s1. The summed E-state index contributed by atoms with van der Waals surface area (Å²) in [5.74, 6) is -0.239. The number of hydrogen-bond donors (Lipinski definition) is 0. The zero-order valence-electron chi connectivity index (χ0n) is 11.8. The van der Waals surface area contributed by atoms with Crippen molar-refractivity contribution >= 4 is 31.9 Å². The predicted molar refractivity (Wildman–Crippen MR) is 83.5 cm³/mol. The van der Waals surface area contributed by atoms with Gasteiger partial charge in [0.2, 0.25) is 10.0 Å². The van der Waals surface area contributed by atoms with Gasteiger partial charge in [0.25, 0.3) is 0 Å². The number of rotatable bonds is 4. The lowest BCUT2D eigenvalue weighted by atomic mass is 10.00. The summed E-state index contributed by atoms with van der Waals surface area (Å²) >= 11 is 3.31. The first-order valence-electron chi connectivity index (χ1n) is 6.87. The van der Waals surface area contributed by atoms with E-state index in [0.717, 1.165) is 4.47 Å². The second-order valence-corrected chi connectivity index (χ2v) is 8.15. The Morgan fingerprint density at radius 1 is 1.38 bits per heavy atom. The SMILES string of the molecule is CCS(=O)(=O)N1CCC[C@@H](C(=O)Oc2ccc(Br)cc2)C1. The molecule has 116 valence electrons. The predicted octanol–water partition coefficient (Wildman–Crippen LogP) is 2.42. The van der Waals surface area contributed by atoms with Gasteiger partial charge in [-0.05, 0) is 44.0 Å². The van der Waals surface area contributed by atoms with Crippen molar-refractivity contribution in [1.29, 1.82) is 0 Å². The van der Waals surface area contributed by atoms with Gasteiger partial charge in [0.05, 0.1) is 11.7 Å². The molecule has 0 unspecified atom stereocenters. The van der Waals surface area contributed by atoms with Crippen molar-refractivity contribution in [2.45, 2.75) is 19.8 Å². The molecule has 0 aromatic heterocycles. The Balaban J connectivity index is 2.01. The third-order valence-electron chi connectivity index (χ3n) is 3.51. The number of esters is 1. The number of carbonyl (C=O) groups excluding carboxylic acids is 1. The number of nitrogens with zero attached hydrogens (tertiary/aromatic N) is 1. The fourth-order valence-electron chi connectivity index (χ4n) is 2.27. The van der Waals surface area contributed by atoms with Crippen LogP contribution in [0.25, 0.3) is 0 Å². The van der Waals surface area contributed by atoms with Crippen LogP contribution in [-0.4, -0.2) is 37.5 Å². The van der Waals surface area contributed by atoms with Crippen LogP contribution >= 0.6 is 15.9 Å². The first kappa shape index (κ1) is 16.5. The van der Waals surface area contributed by atoms with Crippen LogP contribution in [0.3, 0.4) is 0 Å². The highest BCUT2D eigenvalue weighted by atomic mass is 79.9. The fourth-order valence-corrected chi connectivity index (χ4v) is 3.72. The Bertz CT molecular complexity index is 600. The van der Waals surface area contributed by atoms with Gasteiger partial charge in [-0.25, -0.2) is 12.7 Å². The van der Waals surface area contributed by atoms with Crippen molar-refractivity contribution in [3.8, 4) is 5.75 Å². The number of halogens is 1. The lowest BCUT2D eigenvalue weighted by molar-refractivity contribution is -0.140.